The molecule has 31 heavy (non-hydrogen) atoms. The van der Waals surface area contributed by atoms with E-state index in [1.165, 1.54) is 10.4 Å². The Kier molecular flexibility index (Phi) is 5.01. The Morgan fingerprint density at radius 2 is 1.77 bits per heavy atom. The molecule has 3 aliphatic rings. The minimum Gasteiger partial charge on any atom is -0.354 e. The quantitative estimate of drug-likeness (QED) is 0.641. The number of Topliss-reactive ketones (excluding diaryl/α,β-unsaturated/α-hetero) is 2. The Bertz CT molecular complexity index is 1020. The van der Waals surface area contributed by atoms with Gasteiger partial charge < -0.3 is 4.90 Å². The molecule has 1 aromatic heterocycles. The van der Waals surface area contributed by atoms with Gasteiger partial charge in [0.1, 0.15) is 5.82 Å². The molecule has 0 N–H and O–H groups in total. The number of hydrogen-bond donors (Lipinski definition) is 0. The molecule has 2 heterocycles. The molecule has 1 saturated heterocycles. The molecular formula is C20H24F3N3O4S. The van der Waals surface area contributed by atoms with Crippen molar-refractivity contribution in [2.45, 2.75) is 32.9 Å². The number of sulfonamides is 1. The number of carbonyl (C=O) groups excluding carboxylic acids is 2. The first-order valence-electron chi connectivity index (χ1n) is 10.1. The summed E-state index contributed by atoms with van der Waals surface area (Å²) in [7, 11) is -3.81. The topological polar surface area (TPSA) is 87.7 Å². The van der Waals surface area contributed by atoms with Gasteiger partial charge in [-0.15, -0.1) is 0 Å². The summed E-state index contributed by atoms with van der Waals surface area (Å²) in [6, 6.07) is 2.22. The van der Waals surface area contributed by atoms with Crippen LogP contribution in [0.15, 0.2) is 18.3 Å². The van der Waals surface area contributed by atoms with Crippen LogP contribution in [-0.2, 0) is 25.8 Å². The highest BCUT2D eigenvalue weighted by atomic mass is 32.2. The molecule has 11 heteroatoms. The second-order valence-corrected chi connectivity index (χ2v) is 11.1. The fraction of sp³-hybridized carbons (Fsp3) is 0.650. The number of nitrogens with zero attached hydrogens (tertiary/aromatic N) is 3. The van der Waals surface area contributed by atoms with E-state index in [1.54, 1.807) is 18.7 Å². The number of halogens is 3. The second-order valence-electron chi connectivity index (χ2n) is 9.13. The van der Waals surface area contributed by atoms with Gasteiger partial charge in [-0.25, -0.2) is 13.4 Å². The number of aromatic nitrogens is 1. The number of anilines is 1. The molecular weight excluding hydrogens is 435 g/mol. The number of piperazine rings is 1. The second kappa shape index (κ2) is 6.99. The van der Waals surface area contributed by atoms with E-state index in [4.69, 9.17) is 0 Å². The zero-order chi connectivity index (χ0) is 22.8. The van der Waals surface area contributed by atoms with E-state index in [-0.39, 0.29) is 31.9 Å². The van der Waals surface area contributed by atoms with Crippen LogP contribution in [0.4, 0.5) is 19.0 Å². The smallest absolute Gasteiger partial charge is 0.354 e. The molecule has 2 atom stereocenters. The van der Waals surface area contributed by atoms with Gasteiger partial charge in [0.25, 0.3) is 0 Å². The molecule has 2 aliphatic carbocycles. The first kappa shape index (κ1) is 22.2. The van der Waals surface area contributed by atoms with E-state index in [1.807, 2.05) is 0 Å². The molecule has 0 unspecified atom stereocenters. The predicted octanol–water partition coefficient (Wildman–Crippen LogP) is 2.13. The number of carbonyl (C=O) groups is 2. The number of alkyl halides is 3. The maximum absolute atomic E-state index is 13.2. The largest absolute Gasteiger partial charge is 0.417 e. The molecule has 0 amide bonds. The predicted molar refractivity (Wildman–Crippen MR) is 106 cm³/mol. The Balaban J connectivity index is 1.45. The van der Waals surface area contributed by atoms with Gasteiger partial charge in [0.05, 0.1) is 16.7 Å². The zero-order valence-corrected chi connectivity index (χ0v) is 18.1. The highest BCUT2D eigenvalue weighted by Gasteiger charge is 2.70. The van der Waals surface area contributed by atoms with Crippen molar-refractivity contribution in [3.8, 4) is 0 Å². The van der Waals surface area contributed by atoms with E-state index in [0.29, 0.717) is 18.7 Å². The summed E-state index contributed by atoms with van der Waals surface area (Å²) in [5.74, 6) is -1.47. The summed E-state index contributed by atoms with van der Waals surface area (Å²) in [5, 5.41) is 0. The number of ketones is 2. The van der Waals surface area contributed by atoms with Crippen molar-refractivity contribution in [3.05, 3.63) is 23.9 Å². The first-order chi connectivity index (χ1) is 14.3. The Hall–Kier alpha value is -2.01. The van der Waals surface area contributed by atoms with Crippen LogP contribution >= 0.6 is 0 Å². The maximum atomic E-state index is 13.2. The van der Waals surface area contributed by atoms with Gasteiger partial charge >= 0.3 is 6.18 Å². The van der Waals surface area contributed by atoms with Crippen molar-refractivity contribution in [3.63, 3.8) is 0 Å². The average Bonchev–Trinajstić information content (AvgIpc) is 3.02. The fourth-order valence-corrected chi connectivity index (χ4v) is 7.50. The van der Waals surface area contributed by atoms with Crippen LogP contribution < -0.4 is 4.90 Å². The standard InChI is InChI=1S/C20H24F3N3O4S/c1-18(2)14-5-6-19(18,17(28)16(14)27)12-31(29,30)26-9-7-25(8-10-26)15-4-3-13(11-24-15)20(21,22)23/h3-4,11,14H,5-10,12H2,1-2H3/t14-,19+/m1/s1. The Morgan fingerprint density at radius 1 is 1.13 bits per heavy atom. The third-order valence-corrected chi connectivity index (χ3v) is 9.41. The third-order valence-electron chi connectivity index (χ3n) is 7.40. The van der Waals surface area contributed by atoms with Crippen molar-refractivity contribution in [1.82, 2.24) is 9.29 Å². The monoisotopic (exact) mass is 459 g/mol. The van der Waals surface area contributed by atoms with Crippen LogP contribution in [-0.4, -0.2) is 61.2 Å². The number of rotatable bonds is 4. The molecule has 3 fully saturated rings. The molecule has 2 bridgehead atoms. The molecule has 1 aliphatic heterocycles. The van der Waals surface area contributed by atoms with E-state index in [2.05, 4.69) is 4.98 Å². The van der Waals surface area contributed by atoms with Crippen LogP contribution in [0.25, 0.3) is 0 Å². The lowest BCUT2D eigenvalue weighted by atomic mass is 9.70. The van der Waals surface area contributed by atoms with Gasteiger partial charge in [-0.05, 0) is 30.4 Å². The summed E-state index contributed by atoms with van der Waals surface area (Å²) in [6.07, 6.45) is -2.78. The normalized spacial score (nSPS) is 29.1. The van der Waals surface area contributed by atoms with E-state index < -0.39 is 50.1 Å². The zero-order valence-electron chi connectivity index (χ0n) is 17.3. The van der Waals surface area contributed by atoms with Crippen molar-refractivity contribution in [1.29, 1.82) is 0 Å². The van der Waals surface area contributed by atoms with Crippen LogP contribution in [0, 0.1) is 16.7 Å². The van der Waals surface area contributed by atoms with Crippen molar-refractivity contribution in [2.75, 3.05) is 36.8 Å². The van der Waals surface area contributed by atoms with Gasteiger partial charge in [-0.3, -0.25) is 9.59 Å². The molecule has 0 spiro atoms. The lowest BCUT2D eigenvalue weighted by Crippen LogP contribution is -2.53. The highest BCUT2D eigenvalue weighted by molar-refractivity contribution is 7.89. The van der Waals surface area contributed by atoms with Gasteiger partial charge in [0.2, 0.25) is 21.6 Å². The van der Waals surface area contributed by atoms with Crippen LogP contribution in [0.3, 0.4) is 0 Å². The van der Waals surface area contributed by atoms with Gasteiger partial charge in [0, 0.05) is 38.3 Å². The summed E-state index contributed by atoms with van der Waals surface area (Å²) in [5.41, 5.74) is -2.72. The molecule has 1 aromatic rings. The molecule has 2 saturated carbocycles. The van der Waals surface area contributed by atoms with Gasteiger partial charge in [-0.2, -0.15) is 17.5 Å². The minimum absolute atomic E-state index is 0.132. The SMILES string of the molecule is CC1(C)[C@@H]2CC[C@]1(CS(=O)(=O)N1CCN(c3ccc(C(F)(F)F)cn3)CC1)C(=O)C2=O. The first-order valence-corrected chi connectivity index (χ1v) is 11.8. The molecule has 0 radical (unpaired) electrons. The van der Waals surface area contributed by atoms with Gasteiger partial charge in [-0.1, -0.05) is 13.8 Å². The highest BCUT2D eigenvalue weighted by Crippen LogP contribution is 2.62. The molecule has 4 rings (SSSR count). The lowest BCUT2D eigenvalue weighted by Gasteiger charge is -2.39. The van der Waals surface area contributed by atoms with Crippen LogP contribution in [0.2, 0.25) is 0 Å². The van der Waals surface area contributed by atoms with Crippen molar-refractivity contribution < 1.29 is 31.2 Å². The van der Waals surface area contributed by atoms with Crippen molar-refractivity contribution in [2.24, 2.45) is 16.7 Å². The van der Waals surface area contributed by atoms with E-state index in [0.717, 1.165) is 12.3 Å². The summed E-state index contributed by atoms with van der Waals surface area (Å²) in [4.78, 5) is 30.6. The maximum Gasteiger partial charge on any atom is 0.417 e. The van der Waals surface area contributed by atoms with Crippen LogP contribution in [0.1, 0.15) is 32.3 Å². The Morgan fingerprint density at radius 3 is 2.26 bits per heavy atom. The average molecular weight is 459 g/mol. The summed E-state index contributed by atoms with van der Waals surface area (Å²) >= 11 is 0. The van der Waals surface area contributed by atoms with Gasteiger partial charge in [0.15, 0.2) is 0 Å². The molecule has 170 valence electrons. The summed E-state index contributed by atoms with van der Waals surface area (Å²) in [6.45, 7) is 4.40. The number of pyridine rings is 1. The third kappa shape index (κ3) is 3.36. The van der Waals surface area contributed by atoms with Crippen LogP contribution in [0.5, 0.6) is 0 Å². The number of hydrogen-bond acceptors (Lipinski definition) is 6. The molecule has 7 nitrogen and oxygen atoms in total. The van der Waals surface area contributed by atoms with E-state index in [9.17, 15) is 31.2 Å². The number of fused-ring (bicyclic) bond motifs is 2. The van der Waals surface area contributed by atoms with E-state index >= 15 is 0 Å². The lowest BCUT2D eigenvalue weighted by molar-refractivity contribution is -0.141. The Labute approximate surface area is 178 Å². The minimum atomic E-state index is -4.47. The molecule has 0 aromatic carbocycles. The fourth-order valence-electron chi connectivity index (χ4n) is 5.33. The summed E-state index contributed by atoms with van der Waals surface area (Å²) < 4.78 is 65.8. The van der Waals surface area contributed by atoms with Crippen molar-refractivity contribution >= 4 is 27.4 Å².